The van der Waals surface area contributed by atoms with E-state index in [1.54, 1.807) is 11.3 Å². The average molecular weight is 428 g/mol. The molecule has 3 aromatic heterocycles. The van der Waals surface area contributed by atoms with E-state index in [-0.39, 0.29) is 5.60 Å². The van der Waals surface area contributed by atoms with Crippen LogP contribution in [0.3, 0.4) is 0 Å². The highest BCUT2D eigenvalue weighted by molar-refractivity contribution is 7.25. The molecule has 2 aliphatic rings. The fourth-order valence-corrected chi connectivity index (χ4v) is 5.47. The van der Waals surface area contributed by atoms with E-state index in [2.05, 4.69) is 42.5 Å². The van der Waals surface area contributed by atoms with Gasteiger partial charge in [-0.3, -0.25) is 0 Å². The van der Waals surface area contributed by atoms with Gasteiger partial charge in [0.05, 0.1) is 41.8 Å². The van der Waals surface area contributed by atoms with Crippen molar-refractivity contribution in [3.8, 4) is 0 Å². The van der Waals surface area contributed by atoms with Crippen LogP contribution in [0.2, 0.25) is 0 Å². The number of aromatic nitrogens is 3. The van der Waals surface area contributed by atoms with E-state index in [4.69, 9.17) is 19.4 Å². The molecule has 1 fully saturated rings. The Kier molecular flexibility index (Phi) is 5.03. The first kappa shape index (κ1) is 19.9. The fourth-order valence-electron chi connectivity index (χ4n) is 4.46. The smallest absolute Gasteiger partial charge is 0.225 e. The van der Waals surface area contributed by atoms with Crippen molar-refractivity contribution in [2.75, 3.05) is 49.2 Å². The van der Waals surface area contributed by atoms with Gasteiger partial charge >= 0.3 is 0 Å². The Morgan fingerprint density at radius 2 is 1.90 bits per heavy atom. The molecule has 5 heterocycles. The van der Waals surface area contributed by atoms with Crippen LogP contribution in [0.4, 0.5) is 11.8 Å². The van der Waals surface area contributed by atoms with Gasteiger partial charge in [-0.15, -0.1) is 11.3 Å². The molecule has 0 bridgehead atoms. The molecule has 0 unspecified atom stereocenters. The predicted octanol–water partition coefficient (Wildman–Crippen LogP) is 3.77. The fraction of sp³-hybridized carbons (Fsp3) is 0.591. The Balaban J connectivity index is 1.75. The van der Waals surface area contributed by atoms with Gasteiger partial charge in [-0.25, -0.2) is 15.0 Å². The third-order valence-corrected chi connectivity index (χ3v) is 7.12. The normalized spacial score (nSPS) is 18.7. The molecule has 3 aromatic rings. The lowest BCUT2D eigenvalue weighted by molar-refractivity contribution is -0.0396. The number of fused-ring (bicyclic) bond motifs is 5. The maximum absolute atomic E-state index is 6.22. The van der Waals surface area contributed by atoms with Gasteiger partial charge in [0.15, 0.2) is 0 Å². The van der Waals surface area contributed by atoms with Crippen LogP contribution < -0.4 is 9.80 Å². The predicted molar refractivity (Wildman–Crippen MR) is 122 cm³/mol. The summed E-state index contributed by atoms with van der Waals surface area (Å²) in [5, 5.41) is 1.19. The molecule has 160 valence electrons. The van der Waals surface area contributed by atoms with Gasteiger partial charge < -0.3 is 19.3 Å². The van der Waals surface area contributed by atoms with E-state index in [9.17, 15) is 0 Å². The maximum Gasteiger partial charge on any atom is 0.225 e. The van der Waals surface area contributed by atoms with Crippen molar-refractivity contribution in [1.82, 2.24) is 15.0 Å². The number of anilines is 2. The van der Waals surface area contributed by atoms with Gasteiger partial charge in [-0.05, 0) is 33.3 Å². The lowest BCUT2D eigenvalue weighted by Crippen LogP contribution is -2.39. The van der Waals surface area contributed by atoms with E-state index < -0.39 is 0 Å². The number of nitrogens with zero attached hydrogens (tertiary/aromatic N) is 5. The molecule has 0 atom stereocenters. The quantitative estimate of drug-likeness (QED) is 0.628. The highest BCUT2D eigenvalue weighted by atomic mass is 32.1. The van der Waals surface area contributed by atoms with Crippen LogP contribution in [0.1, 0.15) is 38.8 Å². The average Bonchev–Trinajstić information content (AvgIpc) is 3.12. The Bertz CT molecular complexity index is 1090. The molecule has 2 aliphatic heterocycles. The largest absolute Gasteiger partial charge is 0.378 e. The minimum absolute atomic E-state index is 0.202. The Hall–Kier alpha value is -2.03. The third-order valence-electron chi connectivity index (χ3n) is 6.11. The monoisotopic (exact) mass is 427 g/mol. The molecule has 0 spiro atoms. The van der Waals surface area contributed by atoms with Gasteiger partial charge in [-0.1, -0.05) is 0 Å². The molecule has 0 amide bonds. The van der Waals surface area contributed by atoms with Crippen LogP contribution in [0, 0.1) is 0 Å². The lowest BCUT2D eigenvalue weighted by atomic mass is 9.90. The SMILES string of the molecule is CCN(CC)c1ncc2sc3nc(N4CCOCC4)c4c(c3c2n1)CC(C)(C)OC4. The molecular formula is C22H29N5O2S. The zero-order chi connectivity index (χ0) is 20.9. The van der Waals surface area contributed by atoms with Crippen molar-refractivity contribution in [2.45, 2.75) is 46.3 Å². The van der Waals surface area contributed by atoms with Crippen molar-refractivity contribution < 1.29 is 9.47 Å². The topological polar surface area (TPSA) is 63.6 Å². The Labute approximate surface area is 181 Å². The second-order valence-corrected chi connectivity index (χ2v) is 9.59. The van der Waals surface area contributed by atoms with Crippen LogP contribution in [-0.2, 0) is 22.5 Å². The summed E-state index contributed by atoms with van der Waals surface area (Å²) in [5.74, 6) is 1.85. The van der Waals surface area contributed by atoms with Crippen LogP contribution in [0.25, 0.3) is 20.4 Å². The molecule has 7 nitrogen and oxygen atoms in total. The molecule has 30 heavy (non-hydrogen) atoms. The second kappa shape index (κ2) is 7.59. The van der Waals surface area contributed by atoms with Gasteiger partial charge in [0.2, 0.25) is 5.95 Å². The number of hydrogen-bond donors (Lipinski definition) is 0. The summed E-state index contributed by atoms with van der Waals surface area (Å²) in [5.41, 5.74) is 3.38. The minimum Gasteiger partial charge on any atom is -0.378 e. The van der Waals surface area contributed by atoms with Crippen LogP contribution in [0.5, 0.6) is 0 Å². The van der Waals surface area contributed by atoms with E-state index in [1.165, 1.54) is 16.5 Å². The van der Waals surface area contributed by atoms with Crippen molar-refractivity contribution in [1.29, 1.82) is 0 Å². The molecule has 0 radical (unpaired) electrons. The first-order valence-electron chi connectivity index (χ1n) is 10.8. The summed E-state index contributed by atoms with van der Waals surface area (Å²) in [6, 6.07) is 0. The zero-order valence-electron chi connectivity index (χ0n) is 18.2. The molecule has 5 rings (SSSR count). The molecule has 0 aromatic carbocycles. The summed E-state index contributed by atoms with van der Waals surface area (Å²) in [4.78, 5) is 20.4. The van der Waals surface area contributed by atoms with Gasteiger partial charge in [0.1, 0.15) is 10.6 Å². The highest BCUT2D eigenvalue weighted by Crippen LogP contribution is 2.43. The molecule has 0 aliphatic carbocycles. The molecular weight excluding hydrogens is 398 g/mol. The van der Waals surface area contributed by atoms with Gasteiger partial charge in [-0.2, -0.15) is 0 Å². The number of ether oxygens (including phenoxy) is 2. The summed E-state index contributed by atoms with van der Waals surface area (Å²) in [6.45, 7) is 14.2. The van der Waals surface area contributed by atoms with Crippen molar-refractivity contribution in [3.63, 3.8) is 0 Å². The van der Waals surface area contributed by atoms with Gasteiger partial charge in [0.25, 0.3) is 0 Å². The van der Waals surface area contributed by atoms with Crippen LogP contribution in [-0.4, -0.2) is 59.9 Å². The van der Waals surface area contributed by atoms with E-state index in [0.29, 0.717) is 6.61 Å². The van der Waals surface area contributed by atoms with E-state index in [1.807, 2.05) is 6.20 Å². The number of hydrogen-bond acceptors (Lipinski definition) is 8. The maximum atomic E-state index is 6.22. The molecule has 1 saturated heterocycles. The van der Waals surface area contributed by atoms with Crippen LogP contribution in [0.15, 0.2) is 6.20 Å². The summed E-state index contributed by atoms with van der Waals surface area (Å²) >= 11 is 1.70. The Morgan fingerprint density at radius 3 is 2.63 bits per heavy atom. The number of rotatable bonds is 4. The number of morpholine rings is 1. The summed E-state index contributed by atoms with van der Waals surface area (Å²) in [7, 11) is 0. The van der Waals surface area contributed by atoms with Crippen molar-refractivity contribution in [3.05, 3.63) is 17.3 Å². The second-order valence-electron chi connectivity index (χ2n) is 8.55. The van der Waals surface area contributed by atoms with Crippen molar-refractivity contribution in [2.24, 2.45) is 0 Å². The highest BCUT2D eigenvalue weighted by Gasteiger charge is 2.33. The number of thiophene rings is 1. The standard InChI is InChI=1S/C22H29N5O2S/c1-5-26(6-2)21-23-12-16-18(24-21)17-14-11-22(3,4)29-13-15(14)19(25-20(17)30-16)27-7-9-28-10-8-27/h12H,5-11,13H2,1-4H3. The number of pyridine rings is 1. The third kappa shape index (κ3) is 3.31. The van der Waals surface area contributed by atoms with Crippen molar-refractivity contribution >= 4 is 43.5 Å². The molecule has 0 N–H and O–H groups in total. The minimum atomic E-state index is -0.202. The van der Waals surface area contributed by atoms with Gasteiger partial charge in [0, 0.05) is 43.5 Å². The summed E-state index contributed by atoms with van der Waals surface area (Å²) < 4.78 is 12.9. The first-order valence-corrected chi connectivity index (χ1v) is 11.6. The lowest BCUT2D eigenvalue weighted by Gasteiger charge is -2.36. The zero-order valence-corrected chi connectivity index (χ0v) is 19.0. The molecule has 0 saturated carbocycles. The molecule has 8 heteroatoms. The summed E-state index contributed by atoms with van der Waals surface area (Å²) in [6.07, 6.45) is 2.82. The Morgan fingerprint density at radius 1 is 1.13 bits per heavy atom. The van der Waals surface area contributed by atoms with E-state index in [0.717, 1.165) is 72.6 Å². The first-order chi connectivity index (χ1) is 14.5. The van der Waals surface area contributed by atoms with Crippen LogP contribution >= 0.6 is 11.3 Å². The van der Waals surface area contributed by atoms with E-state index >= 15 is 0 Å².